The van der Waals surface area contributed by atoms with Gasteiger partial charge in [-0.05, 0) is 39.0 Å². The molecule has 4 aliphatic rings. The van der Waals surface area contributed by atoms with Crippen molar-refractivity contribution in [3.8, 4) is 0 Å². The van der Waals surface area contributed by atoms with Crippen molar-refractivity contribution in [2.24, 2.45) is 23.2 Å². The summed E-state index contributed by atoms with van der Waals surface area (Å²) in [6.45, 7) is 4.65. The van der Waals surface area contributed by atoms with Gasteiger partial charge in [0, 0.05) is 0 Å². The van der Waals surface area contributed by atoms with Crippen molar-refractivity contribution in [3.05, 3.63) is 65.7 Å². The first kappa shape index (κ1) is 22.2. The van der Waals surface area contributed by atoms with Crippen LogP contribution in [-0.2, 0) is 26.2 Å². The Kier molecular flexibility index (Phi) is 8.05. The molecule has 0 heterocycles. The predicted molar refractivity (Wildman–Crippen MR) is 89.5 cm³/mol. The van der Waals surface area contributed by atoms with Gasteiger partial charge in [-0.3, -0.25) is 0 Å². The fourth-order valence-corrected chi connectivity index (χ4v) is 5.35. The fraction of sp³-hybridized carbons (Fsp3) is 0.476. The molecule has 0 spiro atoms. The van der Waals surface area contributed by atoms with Crippen LogP contribution in [0.3, 0.4) is 0 Å². The molecule has 0 bridgehead atoms. The second-order valence-corrected chi connectivity index (χ2v) is 7.26. The Morgan fingerprint density at radius 3 is 2.54 bits per heavy atom. The zero-order valence-electron chi connectivity index (χ0n) is 14.4. The Labute approximate surface area is 178 Å². The molecule has 2 saturated carbocycles. The number of allylic oxidation sites excluding steroid dienone is 10. The van der Waals surface area contributed by atoms with E-state index in [1.807, 2.05) is 0 Å². The van der Waals surface area contributed by atoms with Gasteiger partial charge in [0.25, 0.3) is 0 Å². The third-order valence-electron chi connectivity index (χ3n) is 6.07. The van der Waals surface area contributed by atoms with E-state index in [4.69, 9.17) is 0 Å². The van der Waals surface area contributed by atoms with E-state index in [1.54, 1.807) is 16.7 Å². The van der Waals surface area contributed by atoms with Crippen LogP contribution in [0.5, 0.6) is 0 Å². The maximum atomic E-state index is 2.71. The van der Waals surface area contributed by atoms with Crippen LogP contribution >= 0.6 is 0 Å². The minimum atomic E-state index is 0. The molecule has 0 amide bonds. The average Bonchev–Trinajstić information content (AvgIpc) is 3.12. The molecule has 4 atom stereocenters. The summed E-state index contributed by atoms with van der Waals surface area (Å²) in [5.41, 5.74) is 5.18. The molecular formula is C21H25Cl2Zr. The van der Waals surface area contributed by atoms with Gasteiger partial charge in [-0.2, -0.15) is 0 Å². The molecule has 3 heteroatoms. The van der Waals surface area contributed by atoms with E-state index < -0.39 is 0 Å². The van der Waals surface area contributed by atoms with E-state index >= 15 is 0 Å². The molecular weight excluding hydrogens is 414 g/mol. The fourth-order valence-electron chi connectivity index (χ4n) is 5.35. The van der Waals surface area contributed by atoms with Crippen molar-refractivity contribution < 1.29 is 51.0 Å². The van der Waals surface area contributed by atoms with Crippen molar-refractivity contribution in [2.75, 3.05) is 0 Å². The van der Waals surface area contributed by atoms with Gasteiger partial charge in [0.2, 0.25) is 0 Å². The molecule has 0 aromatic carbocycles. The van der Waals surface area contributed by atoms with E-state index in [0.717, 1.165) is 12.3 Å². The van der Waals surface area contributed by atoms with Gasteiger partial charge in [-0.15, -0.1) is 17.4 Å². The molecule has 4 rings (SSSR count). The summed E-state index contributed by atoms with van der Waals surface area (Å²) in [5.74, 6) is 2.12. The van der Waals surface area contributed by atoms with Gasteiger partial charge in [0.15, 0.2) is 0 Å². The van der Waals surface area contributed by atoms with Crippen LogP contribution in [0.1, 0.15) is 39.5 Å². The molecule has 0 aliphatic heterocycles. The van der Waals surface area contributed by atoms with Gasteiger partial charge < -0.3 is 31.2 Å². The Morgan fingerprint density at radius 1 is 1.12 bits per heavy atom. The Hall–Kier alpha value is 0.163. The number of hydrogen-bond acceptors (Lipinski definition) is 0. The van der Waals surface area contributed by atoms with E-state index in [-0.39, 0.29) is 56.4 Å². The first-order valence-electron chi connectivity index (χ1n) is 8.47. The summed E-state index contributed by atoms with van der Waals surface area (Å²) in [4.78, 5) is 0. The molecule has 0 saturated heterocycles. The maximum Gasteiger partial charge on any atom is 3.00 e. The van der Waals surface area contributed by atoms with Crippen LogP contribution in [0, 0.1) is 29.6 Å². The Bertz CT molecular complexity index is 607. The van der Waals surface area contributed by atoms with Crippen LogP contribution < -0.4 is 24.8 Å². The summed E-state index contributed by atoms with van der Waals surface area (Å²) in [7, 11) is 0. The van der Waals surface area contributed by atoms with Gasteiger partial charge in [0.1, 0.15) is 0 Å². The molecule has 0 aromatic heterocycles. The summed E-state index contributed by atoms with van der Waals surface area (Å²) >= 11 is 0. The van der Waals surface area contributed by atoms with Crippen LogP contribution in [0.4, 0.5) is 0 Å². The topological polar surface area (TPSA) is 0 Å². The van der Waals surface area contributed by atoms with Crippen LogP contribution in [0.15, 0.2) is 59.3 Å². The predicted octanol–water partition coefficient (Wildman–Crippen LogP) is -0.423. The summed E-state index contributed by atoms with van der Waals surface area (Å²) < 4.78 is 0. The second-order valence-electron chi connectivity index (χ2n) is 7.26. The van der Waals surface area contributed by atoms with Crippen molar-refractivity contribution in [2.45, 2.75) is 39.5 Å². The average molecular weight is 440 g/mol. The quantitative estimate of drug-likeness (QED) is 0.385. The first-order valence-corrected chi connectivity index (χ1v) is 8.47. The molecule has 0 aromatic rings. The standard InChI is InChI=1S/C21H25.2ClH.Zr/c1-15(2)19-12-7-13-20-18-11-6-3-8-16(18)14-21(19,20)17-9-4-5-10-17;;;/h3-6,8-9,11,14,16,18,20H,7,10,12-13H2,1-2H3;2*1H;/q-1;;;+3/p-2. The summed E-state index contributed by atoms with van der Waals surface area (Å²) in [6.07, 6.45) is 24.3. The zero-order chi connectivity index (χ0) is 14.4. The molecule has 4 aliphatic carbocycles. The first-order chi connectivity index (χ1) is 10.2. The van der Waals surface area contributed by atoms with E-state index in [2.05, 4.69) is 62.8 Å². The molecule has 0 nitrogen and oxygen atoms in total. The third kappa shape index (κ3) is 3.26. The summed E-state index contributed by atoms with van der Waals surface area (Å²) in [5, 5.41) is 0. The molecule has 0 N–H and O–H groups in total. The SMILES string of the molecule is CC(C)=C1CCCC2C3C=CC=CC3[CH-]C12C1=CC=CC1.[Cl-].[Cl-].[Zr+3]. The second kappa shape index (κ2) is 8.70. The zero-order valence-corrected chi connectivity index (χ0v) is 18.4. The van der Waals surface area contributed by atoms with Gasteiger partial charge in [0.05, 0.1) is 0 Å². The minimum Gasteiger partial charge on any atom is -1.00 e. The van der Waals surface area contributed by atoms with Crippen molar-refractivity contribution >= 4 is 0 Å². The minimum absolute atomic E-state index is 0. The van der Waals surface area contributed by atoms with Crippen molar-refractivity contribution in [1.82, 2.24) is 0 Å². The van der Waals surface area contributed by atoms with E-state index in [0.29, 0.717) is 11.8 Å². The largest absolute Gasteiger partial charge is 3.00 e. The van der Waals surface area contributed by atoms with Crippen molar-refractivity contribution in [1.29, 1.82) is 0 Å². The van der Waals surface area contributed by atoms with Gasteiger partial charge in [-0.1, -0.05) is 65.5 Å². The smallest absolute Gasteiger partial charge is 1.00 e. The molecule has 24 heavy (non-hydrogen) atoms. The Morgan fingerprint density at radius 2 is 1.88 bits per heavy atom. The molecule has 2 fully saturated rings. The number of rotatable bonds is 1. The number of fused-ring (bicyclic) bond motifs is 3. The molecule has 1 radical (unpaired) electrons. The van der Waals surface area contributed by atoms with Gasteiger partial charge >= 0.3 is 26.2 Å². The van der Waals surface area contributed by atoms with Crippen LogP contribution in [0.25, 0.3) is 0 Å². The van der Waals surface area contributed by atoms with Crippen molar-refractivity contribution in [3.63, 3.8) is 0 Å². The van der Waals surface area contributed by atoms with E-state index in [9.17, 15) is 0 Å². The van der Waals surface area contributed by atoms with Crippen LogP contribution in [0.2, 0.25) is 0 Å². The molecule has 4 unspecified atom stereocenters. The normalized spacial score (nSPS) is 35.2. The number of hydrogen-bond donors (Lipinski definition) is 0. The number of halogens is 2. The van der Waals surface area contributed by atoms with Crippen LogP contribution in [-0.4, -0.2) is 0 Å². The summed E-state index contributed by atoms with van der Waals surface area (Å²) in [6, 6.07) is 0. The monoisotopic (exact) mass is 437 g/mol. The third-order valence-corrected chi connectivity index (χ3v) is 6.07. The van der Waals surface area contributed by atoms with E-state index in [1.165, 1.54) is 19.3 Å². The maximum absolute atomic E-state index is 2.71. The molecule has 127 valence electrons. The Balaban J connectivity index is 0.000000960. The van der Waals surface area contributed by atoms with Gasteiger partial charge in [-0.25, -0.2) is 0 Å².